The molecule has 4 nitrogen and oxygen atoms in total. The minimum absolute atomic E-state index is 0.0985. The Labute approximate surface area is 136 Å². The molecule has 1 fully saturated rings. The molecule has 1 aliphatic rings. The molecule has 0 saturated carbocycles. The van der Waals surface area contributed by atoms with Crippen molar-refractivity contribution in [2.24, 2.45) is 0 Å². The van der Waals surface area contributed by atoms with Gasteiger partial charge in [-0.15, -0.1) is 0 Å². The van der Waals surface area contributed by atoms with E-state index in [4.69, 9.17) is 4.74 Å². The Balaban J connectivity index is 1.60. The van der Waals surface area contributed by atoms with E-state index in [-0.39, 0.29) is 17.8 Å². The lowest BCUT2D eigenvalue weighted by atomic mass is 10.0. The molecule has 3 rings (SSSR count). The monoisotopic (exact) mass is 336 g/mol. The Morgan fingerprint density at radius 2 is 1.96 bits per heavy atom. The van der Waals surface area contributed by atoms with Crippen LogP contribution in [0.25, 0.3) is 0 Å². The fourth-order valence-electron chi connectivity index (χ4n) is 2.49. The SMILES string of the molecule is Cc1ccccc1C(=O)N1CC(Oc2ccnc(C(F)(F)F)c2)C1. The van der Waals surface area contributed by atoms with Gasteiger partial charge in [-0.05, 0) is 24.6 Å². The third kappa shape index (κ3) is 3.34. The first-order chi connectivity index (χ1) is 11.3. The summed E-state index contributed by atoms with van der Waals surface area (Å²) in [4.78, 5) is 17.2. The number of benzene rings is 1. The molecule has 1 aromatic carbocycles. The van der Waals surface area contributed by atoms with E-state index in [0.717, 1.165) is 17.8 Å². The zero-order chi connectivity index (χ0) is 17.3. The summed E-state index contributed by atoms with van der Waals surface area (Å²) < 4.78 is 43.4. The van der Waals surface area contributed by atoms with E-state index in [2.05, 4.69) is 4.98 Å². The molecule has 0 N–H and O–H groups in total. The standard InChI is InChI=1S/C17H15F3N2O2/c1-11-4-2-3-5-14(11)16(23)22-9-13(10-22)24-12-6-7-21-15(8-12)17(18,19)20/h2-8,13H,9-10H2,1H3. The third-order valence-electron chi connectivity index (χ3n) is 3.84. The molecular formula is C17H15F3N2O2. The van der Waals surface area contributed by atoms with E-state index in [0.29, 0.717) is 18.7 Å². The average molecular weight is 336 g/mol. The number of alkyl halides is 3. The minimum atomic E-state index is -4.51. The molecular weight excluding hydrogens is 321 g/mol. The number of aryl methyl sites for hydroxylation is 1. The fourth-order valence-corrected chi connectivity index (χ4v) is 2.49. The van der Waals surface area contributed by atoms with Gasteiger partial charge in [0, 0.05) is 17.8 Å². The Morgan fingerprint density at radius 3 is 2.62 bits per heavy atom. The van der Waals surface area contributed by atoms with Crippen molar-refractivity contribution in [3.63, 3.8) is 0 Å². The Kier molecular flexibility index (Phi) is 4.17. The number of carbonyl (C=O) groups excluding carboxylic acids is 1. The van der Waals surface area contributed by atoms with Crippen molar-refractivity contribution >= 4 is 5.91 Å². The molecule has 7 heteroatoms. The summed E-state index contributed by atoms with van der Waals surface area (Å²) in [6.45, 7) is 2.55. The number of carbonyl (C=O) groups is 1. The summed E-state index contributed by atoms with van der Waals surface area (Å²) in [7, 11) is 0. The van der Waals surface area contributed by atoms with Crippen LogP contribution in [-0.4, -0.2) is 35.0 Å². The van der Waals surface area contributed by atoms with Gasteiger partial charge in [-0.25, -0.2) is 0 Å². The van der Waals surface area contributed by atoms with Crippen molar-refractivity contribution in [2.75, 3.05) is 13.1 Å². The van der Waals surface area contributed by atoms with E-state index in [1.807, 2.05) is 19.1 Å². The maximum atomic E-state index is 12.6. The number of ether oxygens (including phenoxy) is 1. The number of nitrogens with zero attached hydrogens (tertiary/aromatic N) is 2. The lowest BCUT2D eigenvalue weighted by molar-refractivity contribution is -0.141. The number of hydrogen-bond acceptors (Lipinski definition) is 3. The second-order valence-electron chi connectivity index (χ2n) is 5.64. The van der Waals surface area contributed by atoms with Gasteiger partial charge in [-0.2, -0.15) is 13.2 Å². The van der Waals surface area contributed by atoms with Crippen molar-refractivity contribution in [1.82, 2.24) is 9.88 Å². The number of rotatable bonds is 3. The van der Waals surface area contributed by atoms with Crippen molar-refractivity contribution in [3.05, 3.63) is 59.4 Å². The van der Waals surface area contributed by atoms with Crippen molar-refractivity contribution in [3.8, 4) is 5.75 Å². The van der Waals surface area contributed by atoms with Gasteiger partial charge in [-0.1, -0.05) is 18.2 Å². The summed E-state index contributed by atoms with van der Waals surface area (Å²) in [5.74, 6) is 0.00368. The predicted octanol–water partition coefficient (Wildman–Crippen LogP) is 3.31. The highest BCUT2D eigenvalue weighted by Gasteiger charge is 2.35. The summed E-state index contributed by atoms with van der Waals surface area (Å²) in [6, 6.07) is 9.51. The van der Waals surface area contributed by atoms with Gasteiger partial charge in [0.15, 0.2) is 0 Å². The molecule has 0 aliphatic carbocycles. The molecule has 2 heterocycles. The van der Waals surface area contributed by atoms with Gasteiger partial charge < -0.3 is 9.64 Å². The van der Waals surface area contributed by atoms with E-state index in [1.54, 1.807) is 17.0 Å². The number of likely N-dealkylation sites (tertiary alicyclic amines) is 1. The average Bonchev–Trinajstić information content (AvgIpc) is 2.50. The van der Waals surface area contributed by atoms with Gasteiger partial charge >= 0.3 is 6.18 Å². The first kappa shape index (κ1) is 16.3. The van der Waals surface area contributed by atoms with Gasteiger partial charge in [0.05, 0.1) is 13.1 Å². The molecule has 0 unspecified atom stereocenters. The summed E-state index contributed by atoms with van der Waals surface area (Å²) >= 11 is 0. The van der Waals surface area contributed by atoms with Crippen LogP contribution in [0.3, 0.4) is 0 Å². The number of halogens is 3. The summed E-state index contributed by atoms with van der Waals surface area (Å²) in [6.07, 6.45) is -3.76. The molecule has 1 saturated heterocycles. The molecule has 126 valence electrons. The second kappa shape index (κ2) is 6.14. The molecule has 1 amide bonds. The van der Waals surface area contributed by atoms with Crippen LogP contribution in [0.15, 0.2) is 42.6 Å². The lowest BCUT2D eigenvalue weighted by Gasteiger charge is -2.39. The molecule has 0 radical (unpaired) electrons. The maximum Gasteiger partial charge on any atom is 0.433 e. The van der Waals surface area contributed by atoms with Crippen LogP contribution in [0.1, 0.15) is 21.6 Å². The maximum absolute atomic E-state index is 12.6. The van der Waals surface area contributed by atoms with Gasteiger partial charge in [0.25, 0.3) is 5.91 Å². The van der Waals surface area contributed by atoms with Gasteiger partial charge in [-0.3, -0.25) is 9.78 Å². The van der Waals surface area contributed by atoms with Crippen LogP contribution in [0, 0.1) is 6.92 Å². The number of aromatic nitrogens is 1. The third-order valence-corrected chi connectivity index (χ3v) is 3.84. The van der Waals surface area contributed by atoms with Crippen LogP contribution in [0.4, 0.5) is 13.2 Å². The van der Waals surface area contributed by atoms with Crippen LogP contribution in [0.2, 0.25) is 0 Å². The van der Waals surface area contributed by atoms with Crippen molar-refractivity contribution in [1.29, 1.82) is 0 Å². The number of hydrogen-bond donors (Lipinski definition) is 0. The summed E-state index contributed by atoms with van der Waals surface area (Å²) in [5.41, 5.74) is 0.516. The van der Waals surface area contributed by atoms with Crippen LogP contribution < -0.4 is 4.74 Å². The van der Waals surface area contributed by atoms with Crippen LogP contribution in [-0.2, 0) is 6.18 Å². The van der Waals surface area contributed by atoms with Crippen LogP contribution >= 0.6 is 0 Å². The first-order valence-electron chi connectivity index (χ1n) is 7.39. The van der Waals surface area contributed by atoms with Crippen molar-refractivity contribution < 1.29 is 22.7 Å². The minimum Gasteiger partial charge on any atom is -0.487 e. The molecule has 1 aromatic heterocycles. The first-order valence-corrected chi connectivity index (χ1v) is 7.39. The zero-order valence-electron chi connectivity index (χ0n) is 12.9. The zero-order valence-corrected chi connectivity index (χ0v) is 12.9. The highest BCUT2D eigenvalue weighted by Crippen LogP contribution is 2.30. The highest BCUT2D eigenvalue weighted by molar-refractivity contribution is 5.96. The predicted molar refractivity (Wildman–Crippen MR) is 80.7 cm³/mol. The smallest absolute Gasteiger partial charge is 0.433 e. The number of pyridine rings is 1. The molecule has 0 spiro atoms. The van der Waals surface area contributed by atoms with Gasteiger partial charge in [0.1, 0.15) is 17.5 Å². The highest BCUT2D eigenvalue weighted by atomic mass is 19.4. The van der Waals surface area contributed by atoms with E-state index >= 15 is 0 Å². The fraction of sp³-hybridized carbons (Fsp3) is 0.294. The Morgan fingerprint density at radius 1 is 1.25 bits per heavy atom. The molecule has 2 aromatic rings. The largest absolute Gasteiger partial charge is 0.487 e. The normalized spacial score (nSPS) is 15.1. The van der Waals surface area contributed by atoms with Crippen molar-refractivity contribution in [2.45, 2.75) is 19.2 Å². The molecule has 1 aliphatic heterocycles. The van der Waals surface area contributed by atoms with E-state index in [9.17, 15) is 18.0 Å². The van der Waals surface area contributed by atoms with E-state index in [1.165, 1.54) is 6.07 Å². The second-order valence-corrected chi connectivity index (χ2v) is 5.64. The van der Waals surface area contributed by atoms with Gasteiger partial charge in [0.2, 0.25) is 0 Å². The molecule has 24 heavy (non-hydrogen) atoms. The van der Waals surface area contributed by atoms with E-state index < -0.39 is 11.9 Å². The summed E-state index contributed by atoms with van der Waals surface area (Å²) in [5, 5.41) is 0. The lowest BCUT2D eigenvalue weighted by Crippen LogP contribution is -2.56. The topological polar surface area (TPSA) is 42.4 Å². The quantitative estimate of drug-likeness (QED) is 0.864. The Bertz CT molecular complexity index is 755. The number of amides is 1. The van der Waals surface area contributed by atoms with Crippen LogP contribution in [0.5, 0.6) is 5.75 Å². The molecule has 0 atom stereocenters. The molecule has 0 bridgehead atoms. The Hall–Kier alpha value is -2.57.